The Morgan fingerprint density at radius 2 is 1.53 bits per heavy atom. The molecule has 0 radical (unpaired) electrons. The van der Waals surface area contributed by atoms with Gasteiger partial charge in [-0.25, -0.2) is 4.90 Å². The maximum absolute atomic E-state index is 12.9. The molecule has 0 spiro atoms. The van der Waals surface area contributed by atoms with Crippen molar-refractivity contribution in [3.8, 4) is 0 Å². The van der Waals surface area contributed by atoms with Crippen LogP contribution >= 0.6 is 34.8 Å². The molecule has 3 aromatic rings. The molecule has 34 heavy (non-hydrogen) atoms. The molecule has 172 valence electrons. The van der Waals surface area contributed by atoms with E-state index in [-0.39, 0.29) is 32.4 Å². The second kappa shape index (κ2) is 9.89. The number of nitrogens with one attached hydrogen (secondary N) is 2. The van der Waals surface area contributed by atoms with Gasteiger partial charge in [-0.1, -0.05) is 59.9 Å². The molecule has 0 unspecified atom stereocenters. The van der Waals surface area contributed by atoms with Crippen molar-refractivity contribution in [3.63, 3.8) is 0 Å². The van der Waals surface area contributed by atoms with Gasteiger partial charge in [0.25, 0.3) is 17.7 Å². The minimum Gasteiger partial charge on any atom is -0.350 e. The summed E-state index contributed by atoms with van der Waals surface area (Å²) in [5.74, 6) is -1.61. The molecule has 0 saturated carbocycles. The van der Waals surface area contributed by atoms with E-state index in [0.29, 0.717) is 11.3 Å². The first-order valence-electron chi connectivity index (χ1n) is 10.3. The number of carbonyl (C=O) groups excluding carboxylic acids is 3. The fourth-order valence-electron chi connectivity index (χ4n) is 3.51. The van der Waals surface area contributed by atoms with Crippen LogP contribution in [-0.2, 0) is 16.0 Å². The van der Waals surface area contributed by atoms with Crippen molar-refractivity contribution in [1.29, 1.82) is 0 Å². The second-order valence-electron chi connectivity index (χ2n) is 7.43. The van der Waals surface area contributed by atoms with Gasteiger partial charge in [0, 0.05) is 27.0 Å². The number of amides is 3. The first kappa shape index (κ1) is 23.8. The number of aryl methyl sites for hydroxylation is 1. The summed E-state index contributed by atoms with van der Waals surface area (Å²) in [6.07, 6.45) is 0.792. The first-order valence-corrected chi connectivity index (χ1v) is 11.4. The Bertz CT molecular complexity index is 1320. The van der Waals surface area contributed by atoms with E-state index >= 15 is 0 Å². The number of halogens is 3. The number of hydrogen-bond donors (Lipinski definition) is 2. The molecular weight excluding hydrogens is 497 g/mol. The van der Waals surface area contributed by atoms with Gasteiger partial charge in [0.2, 0.25) is 0 Å². The molecule has 6 nitrogen and oxygen atoms in total. The van der Waals surface area contributed by atoms with Gasteiger partial charge in [-0.3, -0.25) is 14.4 Å². The van der Waals surface area contributed by atoms with E-state index in [0.717, 1.165) is 22.6 Å². The number of para-hydroxylation sites is 1. The van der Waals surface area contributed by atoms with Crippen molar-refractivity contribution >= 4 is 69.6 Å². The lowest BCUT2D eigenvalue weighted by Crippen LogP contribution is -2.32. The molecule has 3 aromatic carbocycles. The Labute approximate surface area is 211 Å². The largest absolute Gasteiger partial charge is 0.350 e. The first-order chi connectivity index (χ1) is 16.3. The Hall–Kier alpha value is -3.32. The summed E-state index contributed by atoms with van der Waals surface area (Å²) in [4.78, 5) is 39.1. The van der Waals surface area contributed by atoms with Crippen LogP contribution in [0.3, 0.4) is 0 Å². The van der Waals surface area contributed by atoms with E-state index < -0.39 is 11.8 Å². The SMILES string of the molecule is CCc1ccccc1NC(=O)c1ccc(NC2=C(Cl)C(=O)N(c3cc(Cl)cc(Cl)c3)C2=O)cc1. The van der Waals surface area contributed by atoms with E-state index in [4.69, 9.17) is 34.8 Å². The Kier molecular flexibility index (Phi) is 6.93. The molecule has 2 N–H and O–H groups in total. The summed E-state index contributed by atoms with van der Waals surface area (Å²) in [7, 11) is 0. The minimum atomic E-state index is -0.696. The van der Waals surface area contributed by atoms with Gasteiger partial charge >= 0.3 is 0 Å². The molecule has 0 fully saturated rings. The minimum absolute atomic E-state index is 0.0863. The standard InChI is InChI=1S/C25H18Cl3N3O3/c1-2-14-5-3-4-6-20(14)30-23(32)15-7-9-18(10-8-15)29-22-21(28)24(33)31(25(22)34)19-12-16(26)11-17(27)13-19/h3-13,29H,2H2,1H3,(H,30,32). The van der Waals surface area contributed by atoms with Crippen LogP contribution in [0.25, 0.3) is 0 Å². The molecule has 9 heteroatoms. The average molecular weight is 515 g/mol. The van der Waals surface area contributed by atoms with E-state index in [1.807, 2.05) is 31.2 Å². The number of imide groups is 1. The summed E-state index contributed by atoms with van der Waals surface area (Å²) >= 11 is 18.2. The van der Waals surface area contributed by atoms with Crippen molar-refractivity contribution in [2.45, 2.75) is 13.3 Å². The van der Waals surface area contributed by atoms with Crippen molar-refractivity contribution < 1.29 is 14.4 Å². The van der Waals surface area contributed by atoms with Gasteiger partial charge < -0.3 is 10.6 Å². The monoisotopic (exact) mass is 513 g/mol. The average Bonchev–Trinajstić information content (AvgIpc) is 3.02. The number of anilines is 3. The lowest BCUT2D eigenvalue weighted by molar-refractivity contribution is -0.120. The third kappa shape index (κ3) is 4.80. The quantitative estimate of drug-likeness (QED) is 0.382. The van der Waals surface area contributed by atoms with Crippen LogP contribution in [0.4, 0.5) is 17.1 Å². The van der Waals surface area contributed by atoms with Crippen LogP contribution in [0.5, 0.6) is 0 Å². The summed E-state index contributed by atoms with van der Waals surface area (Å²) in [6, 6.07) is 18.4. The highest BCUT2D eigenvalue weighted by molar-refractivity contribution is 6.53. The molecule has 0 saturated heterocycles. The molecule has 0 atom stereocenters. The van der Waals surface area contributed by atoms with Crippen LogP contribution in [0.1, 0.15) is 22.8 Å². The number of nitrogens with zero attached hydrogens (tertiary/aromatic N) is 1. The topological polar surface area (TPSA) is 78.5 Å². The van der Waals surface area contributed by atoms with E-state index in [9.17, 15) is 14.4 Å². The van der Waals surface area contributed by atoms with Crippen LogP contribution in [0, 0.1) is 0 Å². The zero-order valence-electron chi connectivity index (χ0n) is 17.9. The van der Waals surface area contributed by atoms with Crippen LogP contribution in [-0.4, -0.2) is 17.7 Å². The van der Waals surface area contributed by atoms with Gasteiger partial charge in [0.05, 0.1) is 5.69 Å². The van der Waals surface area contributed by atoms with Gasteiger partial charge in [0.15, 0.2) is 0 Å². The Morgan fingerprint density at radius 1 is 0.882 bits per heavy atom. The lowest BCUT2D eigenvalue weighted by atomic mass is 10.1. The van der Waals surface area contributed by atoms with Crippen molar-refractivity contribution in [2.24, 2.45) is 0 Å². The third-order valence-electron chi connectivity index (χ3n) is 5.20. The molecule has 1 heterocycles. The normalized spacial score (nSPS) is 13.5. The Morgan fingerprint density at radius 3 is 2.18 bits per heavy atom. The molecule has 1 aliphatic heterocycles. The Balaban J connectivity index is 1.50. The van der Waals surface area contributed by atoms with Gasteiger partial charge in [0.1, 0.15) is 10.7 Å². The molecule has 3 amide bonds. The van der Waals surface area contributed by atoms with E-state index in [2.05, 4.69) is 10.6 Å². The lowest BCUT2D eigenvalue weighted by Gasteiger charge is -2.16. The molecule has 0 aromatic heterocycles. The predicted molar refractivity (Wildman–Crippen MR) is 136 cm³/mol. The summed E-state index contributed by atoms with van der Waals surface area (Å²) in [6.45, 7) is 2.02. The number of carbonyl (C=O) groups is 3. The number of hydrogen-bond acceptors (Lipinski definition) is 4. The summed E-state index contributed by atoms with van der Waals surface area (Å²) in [5, 5.41) is 6.06. The fourth-order valence-corrected chi connectivity index (χ4v) is 4.24. The number of benzene rings is 3. The summed E-state index contributed by atoms with van der Waals surface area (Å²) in [5.41, 5.74) is 2.82. The zero-order valence-corrected chi connectivity index (χ0v) is 20.1. The van der Waals surface area contributed by atoms with E-state index in [1.54, 1.807) is 24.3 Å². The van der Waals surface area contributed by atoms with Crippen LogP contribution in [0.2, 0.25) is 10.0 Å². The number of rotatable bonds is 6. The van der Waals surface area contributed by atoms with Gasteiger partial charge in [-0.05, 0) is 60.5 Å². The van der Waals surface area contributed by atoms with Crippen LogP contribution < -0.4 is 15.5 Å². The predicted octanol–water partition coefficient (Wildman–Crippen LogP) is 6.24. The highest BCUT2D eigenvalue weighted by Gasteiger charge is 2.39. The third-order valence-corrected chi connectivity index (χ3v) is 5.98. The van der Waals surface area contributed by atoms with Crippen molar-refractivity contribution in [1.82, 2.24) is 0 Å². The van der Waals surface area contributed by atoms with Gasteiger partial charge in [-0.2, -0.15) is 0 Å². The van der Waals surface area contributed by atoms with Crippen molar-refractivity contribution in [2.75, 3.05) is 15.5 Å². The van der Waals surface area contributed by atoms with E-state index in [1.165, 1.54) is 18.2 Å². The molecule has 0 aliphatic carbocycles. The zero-order chi connectivity index (χ0) is 24.4. The maximum atomic E-state index is 12.9. The maximum Gasteiger partial charge on any atom is 0.283 e. The van der Waals surface area contributed by atoms with Crippen molar-refractivity contribution in [3.05, 3.63) is 98.6 Å². The second-order valence-corrected chi connectivity index (χ2v) is 8.68. The summed E-state index contributed by atoms with van der Waals surface area (Å²) < 4.78 is 0. The fraction of sp³-hybridized carbons (Fsp3) is 0.0800. The molecular formula is C25H18Cl3N3O3. The van der Waals surface area contributed by atoms with Gasteiger partial charge in [-0.15, -0.1) is 0 Å². The molecule has 0 bridgehead atoms. The molecule has 1 aliphatic rings. The highest BCUT2D eigenvalue weighted by Crippen LogP contribution is 2.33. The van der Waals surface area contributed by atoms with Crippen LogP contribution in [0.15, 0.2) is 77.5 Å². The molecule has 4 rings (SSSR count). The highest BCUT2D eigenvalue weighted by atomic mass is 35.5. The smallest absolute Gasteiger partial charge is 0.283 e.